The molecule has 0 atom stereocenters. The highest BCUT2D eigenvalue weighted by Gasteiger charge is 2.13. The topological polar surface area (TPSA) is 77.8 Å². The van der Waals surface area contributed by atoms with Crippen LogP contribution >= 0.6 is 0 Å². The minimum absolute atomic E-state index is 0.674. The summed E-state index contributed by atoms with van der Waals surface area (Å²) in [5, 5.41) is 2.02. The van der Waals surface area contributed by atoms with Crippen molar-refractivity contribution in [3.05, 3.63) is 158 Å². The number of furan rings is 2. The van der Waals surface area contributed by atoms with Crippen molar-refractivity contribution in [3.63, 3.8) is 0 Å². The molecule has 0 spiro atoms. The van der Waals surface area contributed by atoms with E-state index in [9.17, 15) is 0 Å². The molecule has 10 rings (SSSR count). The van der Waals surface area contributed by atoms with E-state index in [1.54, 1.807) is 12.4 Å². The first kappa shape index (κ1) is 28.1. The van der Waals surface area contributed by atoms with Crippen LogP contribution in [0.2, 0.25) is 0 Å². The molecule has 0 fully saturated rings. The van der Waals surface area contributed by atoms with Crippen molar-refractivity contribution in [2.75, 3.05) is 0 Å². The van der Waals surface area contributed by atoms with E-state index in [4.69, 9.17) is 13.8 Å². The van der Waals surface area contributed by atoms with Crippen LogP contribution in [0.25, 0.3) is 100 Å². The molecular formula is C44H26N4O2. The van der Waals surface area contributed by atoms with Gasteiger partial charge in [0.2, 0.25) is 0 Å². The van der Waals surface area contributed by atoms with E-state index >= 15 is 0 Å². The molecule has 0 saturated heterocycles. The van der Waals surface area contributed by atoms with Crippen molar-refractivity contribution in [2.45, 2.75) is 0 Å². The Morgan fingerprint density at radius 1 is 0.340 bits per heavy atom. The molecule has 0 bridgehead atoms. The highest BCUT2D eigenvalue weighted by molar-refractivity contribution is 6.05. The fourth-order valence-corrected chi connectivity index (χ4v) is 6.79. The van der Waals surface area contributed by atoms with Crippen molar-refractivity contribution in [1.29, 1.82) is 0 Å². The summed E-state index contributed by atoms with van der Waals surface area (Å²) in [6.07, 6.45) is 5.43. The van der Waals surface area contributed by atoms with E-state index < -0.39 is 0 Å². The Labute approximate surface area is 286 Å². The first-order valence-electron chi connectivity index (χ1n) is 16.4. The largest absolute Gasteiger partial charge is 0.454 e. The number of aromatic nitrogens is 4. The molecular weight excluding hydrogens is 617 g/mol. The van der Waals surface area contributed by atoms with Crippen molar-refractivity contribution >= 4 is 44.1 Å². The molecule has 5 aromatic carbocycles. The predicted molar refractivity (Wildman–Crippen MR) is 199 cm³/mol. The third kappa shape index (κ3) is 4.81. The second-order valence-electron chi connectivity index (χ2n) is 12.3. The molecule has 0 aliphatic carbocycles. The zero-order chi connectivity index (χ0) is 33.0. The standard InChI is InChI=1S/C44H26N4O2/c1-6-27(22-28(7-1)31-14-16-38-35(25-31)42-40(49-38)12-4-19-45-42)30-9-3-11-34(24-30)44-47-21-18-37(48-44)33-10-2-8-29(23-33)32-15-17-39-36(26-32)43-41(50-39)13-5-20-46-43/h1-26H. The van der Waals surface area contributed by atoms with Gasteiger partial charge in [-0.05, 0) is 106 Å². The summed E-state index contributed by atoms with van der Waals surface area (Å²) in [4.78, 5) is 18.8. The highest BCUT2D eigenvalue weighted by atomic mass is 16.3. The maximum atomic E-state index is 6.00. The lowest BCUT2D eigenvalue weighted by Gasteiger charge is -2.09. The summed E-state index contributed by atoms with van der Waals surface area (Å²) in [6.45, 7) is 0. The summed E-state index contributed by atoms with van der Waals surface area (Å²) in [6, 6.07) is 47.6. The lowest BCUT2D eigenvalue weighted by atomic mass is 9.97. The summed E-state index contributed by atoms with van der Waals surface area (Å²) < 4.78 is 12.0. The van der Waals surface area contributed by atoms with E-state index in [-0.39, 0.29) is 0 Å². The van der Waals surface area contributed by atoms with Crippen LogP contribution < -0.4 is 0 Å². The normalized spacial score (nSPS) is 11.6. The van der Waals surface area contributed by atoms with Gasteiger partial charge < -0.3 is 8.83 Å². The third-order valence-corrected chi connectivity index (χ3v) is 9.25. The van der Waals surface area contributed by atoms with E-state index in [1.807, 2.05) is 48.7 Å². The van der Waals surface area contributed by atoms with Crippen LogP contribution in [0.3, 0.4) is 0 Å². The molecule has 5 heterocycles. The van der Waals surface area contributed by atoms with E-state index in [0.717, 1.165) is 94.3 Å². The van der Waals surface area contributed by atoms with Crippen LogP contribution in [0, 0.1) is 0 Å². The summed E-state index contributed by atoms with van der Waals surface area (Å²) in [5.74, 6) is 0.674. The van der Waals surface area contributed by atoms with Gasteiger partial charge >= 0.3 is 0 Å². The number of hydrogen-bond donors (Lipinski definition) is 0. The molecule has 0 unspecified atom stereocenters. The fraction of sp³-hybridized carbons (Fsp3) is 0. The Morgan fingerprint density at radius 3 is 1.40 bits per heavy atom. The first-order chi connectivity index (χ1) is 24.7. The van der Waals surface area contributed by atoms with Crippen LogP contribution in [0.4, 0.5) is 0 Å². The number of benzene rings is 5. The molecule has 0 aliphatic rings. The molecule has 50 heavy (non-hydrogen) atoms. The van der Waals surface area contributed by atoms with E-state index in [1.165, 1.54) is 0 Å². The Balaban J connectivity index is 0.968. The SMILES string of the molecule is c1cc(-c2cccc(-c3nccc(-c4cccc(-c5ccc6oc7cccnc7c6c5)c4)n3)c2)cc(-c2ccc3oc4cccnc4c3c2)c1. The first-order valence-corrected chi connectivity index (χ1v) is 16.4. The van der Waals surface area contributed by atoms with E-state index in [0.29, 0.717) is 5.82 Å². The van der Waals surface area contributed by atoms with E-state index in [2.05, 4.69) is 112 Å². The Hall–Kier alpha value is -6.92. The van der Waals surface area contributed by atoms with Crippen LogP contribution in [-0.4, -0.2) is 19.9 Å². The summed E-state index contributed by atoms with van der Waals surface area (Å²) in [5.41, 5.74) is 14.4. The number of nitrogens with zero attached hydrogens (tertiary/aromatic N) is 4. The van der Waals surface area contributed by atoms with Gasteiger partial charge in [-0.25, -0.2) is 9.97 Å². The molecule has 10 aromatic rings. The molecule has 0 aliphatic heterocycles. The molecule has 0 radical (unpaired) electrons. The van der Waals surface area contributed by atoms with Gasteiger partial charge in [0.25, 0.3) is 0 Å². The lowest BCUT2D eigenvalue weighted by molar-refractivity contribution is 0.668. The smallest absolute Gasteiger partial charge is 0.159 e. The van der Waals surface area contributed by atoms with Gasteiger partial charge in [0.05, 0.1) is 5.69 Å². The minimum Gasteiger partial charge on any atom is -0.454 e. The second-order valence-corrected chi connectivity index (χ2v) is 12.3. The maximum Gasteiger partial charge on any atom is 0.159 e. The molecule has 5 aromatic heterocycles. The summed E-state index contributed by atoms with van der Waals surface area (Å²) in [7, 11) is 0. The Bertz CT molecular complexity index is 2710. The van der Waals surface area contributed by atoms with Crippen molar-refractivity contribution in [2.24, 2.45) is 0 Å². The highest BCUT2D eigenvalue weighted by Crippen LogP contribution is 2.35. The number of fused-ring (bicyclic) bond motifs is 6. The number of pyridine rings is 2. The van der Waals surface area contributed by atoms with Gasteiger partial charge in [0.15, 0.2) is 17.0 Å². The second kappa shape index (κ2) is 11.4. The van der Waals surface area contributed by atoms with Crippen LogP contribution in [-0.2, 0) is 0 Å². The maximum absolute atomic E-state index is 6.00. The van der Waals surface area contributed by atoms with Gasteiger partial charge in [-0.15, -0.1) is 0 Å². The molecule has 0 saturated carbocycles. The number of rotatable bonds is 5. The zero-order valence-corrected chi connectivity index (χ0v) is 26.6. The van der Waals surface area contributed by atoms with Crippen LogP contribution in [0.1, 0.15) is 0 Å². The van der Waals surface area contributed by atoms with Gasteiger partial charge in [-0.3, -0.25) is 9.97 Å². The quantitative estimate of drug-likeness (QED) is 0.186. The summed E-state index contributed by atoms with van der Waals surface area (Å²) >= 11 is 0. The van der Waals surface area contributed by atoms with Crippen molar-refractivity contribution in [3.8, 4) is 56.0 Å². The molecule has 0 N–H and O–H groups in total. The molecule has 6 nitrogen and oxygen atoms in total. The van der Waals surface area contributed by atoms with Crippen molar-refractivity contribution in [1.82, 2.24) is 19.9 Å². The average Bonchev–Trinajstić information content (AvgIpc) is 3.76. The van der Waals surface area contributed by atoms with Crippen LogP contribution in [0.15, 0.2) is 167 Å². The van der Waals surface area contributed by atoms with Gasteiger partial charge in [-0.2, -0.15) is 0 Å². The fourth-order valence-electron chi connectivity index (χ4n) is 6.79. The molecule has 0 amide bonds. The third-order valence-electron chi connectivity index (χ3n) is 9.25. The average molecular weight is 643 g/mol. The Kier molecular flexibility index (Phi) is 6.39. The van der Waals surface area contributed by atoms with Crippen LogP contribution in [0.5, 0.6) is 0 Å². The van der Waals surface area contributed by atoms with Gasteiger partial charge in [0, 0.05) is 40.5 Å². The minimum atomic E-state index is 0.674. The Morgan fingerprint density at radius 2 is 0.820 bits per heavy atom. The van der Waals surface area contributed by atoms with Gasteiger partial charge in [0.1, 0.15) is 22.2 Å². The van der Waals surface area contributed by atoms with Gasteiger partial charge in [-0.1, -0.05) is 66.7 Å². The monoisotopic (exact) mass is 642 g/mol. The molecule has 6 heteroatoms. The van der Waals surface area contributed by atoms with Crippen molar-refractivity contribution < 1.29 is 8.83 Å². The lowest BCUT2D eigenvalue weighted by Crippen LogP contribution is -1.92. The number of hydrogen-bond acceptors (Lipinski definition) is 6. The zero-order valence-electron chi connectivity index (χ0n) is 26.6. The predicted octanol–water partition coefficient (Wildman–Crippen LogP) is 11.4. The molecule has 234 valence electrons.